The Labute approximate surface area is 144 Å². The molecule has 0 aliphatic carbocycles. The van der Waals surface area contributed by atoms with Gasteiger partial charge in [-0.15, -0.1) is 0 Å². The largest absolute Gasteiger partial charge is 0.445 e. The van der Waals surface area contributed by atoms with Crippen LogP contribution in [-0.2, 0) is 16.1 Å². The number of rotatable bonds is 5. The molecule has 6 heteroatoms. The Balaban J connectivity index is 1.46. The van der Waals surface area contributed by atoms with E-state index in [2.05, 4.69) is 10.6 Å². The molecule has 6 nitrogen and oxygen atoms in total. The summed E-state index contributed by atoms with van der Waals surface area (Å²) in [6, 6.07) is 14.5. The zero-order chi connectivity index (χ0) is 17.6. The van der Waals surface area contributed by atoms with Gasteiger partial charge in [0, 0.05) is 6.54 Å². The fraction of sp³-hybridized carbons (Fsp3) is 0.105. The summed E-state index contributed by atoms with van der Waals surface area (Å²) in [6.07, 6.45) is 3.04. The molecule has 2 N–H and O–H groups in total. The molecule has 0 fully saturated rings. The van der Waals surface area contributed by atoms with Gasteiger partial charge >= 0.3 is 6.09 Å². The number of nitrogens with one attached hydrogen (secondary N) is 2. The Kier molecular flexibility index (Phi) is 4.89. The average molecular weight is 336 g/mol. The van der Waals surface area contributed by atoms with Crippen LogP contribution in [0.1, 0.15) is 21.5 Å². The van der Waals surface area contributed by atoms with Crippen LogP contribution in [0.3, 0.4) is 0 Å². The molecular formula is C19H16N2O4. The van der Waals surface area contributed by atoms with Crippen molar-refractivity contribution in [2.75, 3.05) is 11.9 Å². The van der Waals surface area contributed by atoms with Gasteiger partial charge in [0.2, 0.25) is 0 Å². The van der Waals surface area contributed by atoms with Crippen molar-refractivity contribution in [3.8, 4) is 0 Å². The van der Waals surface area contributed by atoms with Gasteiger partial charge in [0.15, 0.2) is 0 Å². The second-order valence-electron chi connectivity index (χ2n) is 5.43. The van der Waals surface area contributed by atoms with E-state index in [1.54, 1.807) is 30.4 Å². The number of benzene rings is 2. The van der Waals surface area contributed by atoms with Gasteiger partial charge < -0.3 is 15.4 Å². The number of hydrogen-bond acceptors (Lipinski definition) is 4. The van der Waals surface area contributed by atoms with Crippen molar-refractivity contribution in [1.82, 2.24) is 5.32 Å². The molecule has 1 aliphatic rings. The average Bonchev–Trinajstić information content (AvgIpc) is 2.91. The van der Waals surface area contributed by atoms with Gasteiger partial charge in [-0.2, -0.15) is 0 Å². The second-order valence-corrected chi connectivity index (χ2v) is 5.43. The highest BCUT2D eigenvalue weighted by molar-refractivity contribution is 6.51. The number of carbonyl (C=O) groups is 3. The summed E-state index contributed by atoms with van der Waals surface area (Å²) >= 11 is 0. The maximum Gasteiger partial charge on any atom is 0.407 e. The quantitative estimate of drug-likeness (QED) is 0.822. The van der Waals surface area contributed by atoms with E-state index >= 15 is 0 Å². The fourth-order valence-corrected chi connectivity index (χ4v) is 2.38. The summed E-state index contributed by atoms with van der Waals surface area (Å²) in [5.74, 6) is -1.13. The Morgan fingerprint density at radius 3 is 2.72 bits per heavy atom. The van der Waals surface area contributed by atoms with Crippen molar-refractivity contribution in [2.45, 2.75) is 6.61 Å². The Morgan fingerprint density at radius 2 is 1.92 bits per heavy atom. The maximum absolute atomic E-state index is 11.6. The van der Waals surface area contributed by atoms with Gasteiger partial charge in [0.25, 0.3) is 11.7 Å². The molecule has 0 bridgehead atoms. The lowest BCUT2D eigenvalue weighted by molar-refractivity contribution is -0.112. The highest BCUT2D eigenvalue weighted by Crippen LogP contribution is 2.24. The molecule has 0 unspecified atom stereocenters. The first-order valence-electron chi connectivity index (χ1n) is 7.74. The van der Waals surface area contributed by atoms with E-state index in [9.17, 15) is 14.4 Å². The third-order valence-corrected chi connectivity index (χ3v) is 3.63. The van der Waals surface area contributed by atoms with E-state index in [1.807, 2.05) is 30.3 Å². The van der Waals surface area contributed by atoms with E-state index in [1.165, 1.54) is 0 Å². The van der Waals surface area contributed by atoms with Crippen molar-refractivity contribution in [2.24, 2.45) is 0 Å². The lowest BCUT2D eigenvalue weighted by Gasteiger charge is -2.05. The maximum atomic E-state index is 11.6. The number of carbonyl (C=O) groups excluding carboxylic acids is 3. The highest BCUT2D eigenvalue weighted by atomic mass is 16.5. The normalized spacial score (nSPS) is 12.8. The van der Waals surface area contributed by atoms with E-state index in [4.69, 9.17) is 4.74 Å². The summed E-state index contributed by atoms with van der Waals surface area (Å²) in [5.41, 5.74) is 2.62. The fourth-order valence-electron chi connectivity index (χ4n) is 2.38. The van der Waals surface area contributed by atoms with Crippen LogP contribution in [0, 0.1) is 0 Å². The zero-order valence-corrected chi connectivity index (χ0v) is 13.3. The second kappa shape index (κ2) is 7.44. The topological polar surface area (TPSA) is 84.5 Å². The van der Waals surface area contributed by atoms with Crippen LogP contribution in [0.5, 0.6) is 0 Å². The number of fused-ring (bicyclic) bond motifs is 1. The summed E-state index contributed by atoms with van der Waals surface area (Å²) in [4.78, 5) is 34.4. The Bertz CT molecular complexity index is 844. The lowest BCUT2D eigenvalue weighted by atomic mass is 10.1. The number of amides is 2. The number of alkyl carbamates (subject to hydrolysis) is 1. The summed E-state index contributed by atoms with van der Waals surface area (Å²) in [6.45, 7) is 0.519. The first kappa shape index (κ1) is 16.4. The molecule has 0 saturated carbocycles. The van der Waals surface area contributed by atoms with Gasteiger partial charge in [-0.3, -0.25) is 9.59 Å². The summed E-state index contributed by atoms with van der Waals surface area (Å²) in [5, 5.41) is 5.13. The molecule has 0 aromatic heterocycles. The number of ether oxygens (including phenoxy) is 1. The van der Waals surface area contributed by atoms with Crippen molar-refractivity contribution in [3.63, 3.8) is 0 Å². The van der Waals surface area contributed by atoms with Gasteiger partial charge in [-0.25, -0.2) is 4.79 Å². The molecule has 2 aromatic carbocycles. The minimum atomic E-state index is -0.612. The standard InChI is InChI=1S/C19H16N2O4/c22-17-15-9-8-13(11-16(15)21-18(17)23)7-4-10-20-19(24)25-12-14-5-2-1-3-6-14/h1-9,11H,10,12H2,(H,20,24)(H,21,22,23). The number of Topliss-reactive ketones (excluding diaryl/α,β-unsaturated/α-hetero) is 1. The van der Waals surface area contributed by atoms with Gasteiger partial charge in [-0.1, -0.05) is 48.6 Å². The van der Waals surface area contributed by atoms with Crippen LogP contribution in [-0.4, -0.2) is 24.3 Å². The zero-order valence-electron chi connectivity index (χ0n) is 13.3. The SMILES string of the molecule is O=C(NCC=Cc1ccc2c(c1)NC(=O)C2=O)OCc1ccccc1. The highest BCUT2D eigenvalue weighted by Gasteiger charge is 2.27. The first-order valence-corrected chi connectivity index (χ1v) is 7.74. The van der Waals surface area contributed by atoms with Crippen LogP contribution < -0.4 is 10.6 Å². The molecule has 1 heterocycles. The third kappa shape index (κ3) is 4.11. The lowest BCUT2D eigenvalue weighted by Crippen LogP contribution is -2.24. The molecule has 25 heavy (non-hydrogen) atoms. The van der Waals surface area contributed by atoms with Gasteiger partial charge in [-0.05, 0) is 23.3 Å². The van der Waals surface area contributed by atoms with Crippen LogP contribution in [0.2, 0.25) is 0 Å². The molecule has 2 aromatic rings. The van der Waals surface area contributed by atoms with Crippen molar-refractivity contribution in [1.29, 1.82) is 0 Å². The van der Waals surface area contributed by atoms with E-state index in [0.717, 1.165) is 11.1 Å². The minimum absolute atomic E-state index is 0.217. The Morgan fingerprint density at radius 1 is 1.12 bits per heavy atom. The Hall–Kier alpha value is -3.41. The monoisotopic (exact) mass is 336 g/mol. The number of hydrogen-bond donors (Lipinski definition) is 2. The molecule has 0 radical (unpaired) electrons. The molecule has 0 spiro atoms. The van der Waals surface area contributed by atoms with Gasteiger partial charge in [0.1, 0.15) is 6.61 Å². The van der Waals surface area contributed by atoms with E-state index < -0.39 is 17.8 Å². The predicted octanol–water partition coefficient (Wildman–Crippen LogP) is 2.76. The van der Waals surface area contributed by atoms with Crippen molar-refractivity contribution >= 4 is 29.5 Å². The van der Waals surface area contributed by atoms with E-state index in [-0.39, 0.29) is 6.61 Å². The molecule has 126 valence electrons. The van der Waals surface area contributed by atoms with Crippen molar-refractivity contribution in [3.05, 3.63) is 71.3 Å². The molecule has 2 amide bonds. The number of anilines is 1. The third-order valence-electron chi connectivity index (χ3n) is 3.63. The van der Waals surface area contributed by atoms with E-state index in [0.29, 0.717) is 17.8 Å². The van der Waals surface area contributed by atoms with Crippen LogP contribution in [0.4, 0.5) is 10.5 Å². The molecule has 1 aliphatic heterocycles. The summed E-state index contributed by atoms with van der Waals surface area (Å²) < 4.78 is 5.10. The van der Waals surface area contributed by atoms with Gasteiger partial charge in [0.05, 0.1) is 11.3 Å². The van der Waals surface area contributed by atoms with Crippen LogP contribution in [0.25, 0.3) is 6.08 Å². The molecular weight excluding hydrogens is 320 g/mol. The first-order chi connectivity index (χ1) is 12.1. The molecule has 3 rings (SSSR count). The smallest absolute Gasteiger partial charge is 0.407 e. The predicted molar refractivity (Wildman–Crippen MR) is 93.1 cm³/mol. The minimum Gasteiger partial charge on any atom is -0.445 e. The van der Waals surface area contributed by atoms with Crippen LogP contribution in [0.15, 0.2) is 54.6 Å². The van der Waals surface area contributed by atoms with Crippen molar-refractivity contribution < 1.29 is 19.1 Å². The number of ketones is 1. The summed E-state index contributed by atoms with van der Waals surface area (Å²) in [7, 11) is 0. The molecule has 0 saturated heterocycles. The van der Waals surface area contributed by atoms with Crippen LogP contribution >= 0.6 is 0 Å². The molecule has 0 atom stereocenters.